The van der Waals surface area contributed by atoms with Gasteiger partial charge < -0.3 is 4.74 Å². The average Bonchev–Trinajstić information content (AvgIpc) is 2.04. The van der Waals surface area contributed by atoms with Crippen LogP contribution in [0.5, 0.6) is 5.75 Å². The number of hydrogen-bond acceptors (Lipinski definition) is 4. The molecule has 0 bridgehead atoms. The zero-order valence-corrected chi connectivity index (χ0v) is 7.85. The molecule has 0 spiro atoms. The first-order valence-electron chi connectivity index (χ1n) is 3.06. The third-order valence-corrected chi connectivity index (χ3v) is 1.73. The Bertz CT molecular complexity index is 240. The molecule has 0 aliphatic heterocycles. The number of thiol groups is 2. The van der Waals surface area contributed by atoms with Crippen LogP contribution in [0.1, 0.15) is 0 Å². The molecule has 0 N–H and O–H groups in total. The minimum absolute atomic E-state index is 0.762. The molecule has 0 fully saturated rings. The number of methoxy groups -OCH3 is 1. The number of hydrogen-bond donors (Lipinski definition) is 2. The maximum atomic E-state index is 5.07. The second-order valence-electron chi connectivity index (χ2n) is 1.96. The van der Waals surface area contributed by atoms with Gasteiger partial charge in [-0.1, -0.05) is 37.8 Å². The first-order valence-corrected chi connectivity index (χ1v) is 3.86. The van der Waals surface area contributed by atoms with E-state index in [9.17, 15) is 0 Å². The van der Waals surface area contributed by atoms with Gasteiger partial charge >= 0.3 is 0 Å². The van der Waals surface area contributed by atoms with Crippen LogP contribution in [0, 0.1) is 0 Å². The molecule has 0 saturated heterocycles. The Morgan fingerprint density at radius 1 is 1.27 bits per heavy atom. The van der Waals surface area contributed by atoms with Gasteiger partial charge in [-0.25, -0.2) is 0 Å². The summed E-state index contributed by atoms with van der Waals surface area (Å²) in [5.74, 6) is 0.762. The quantitative estimate of drug-likeness (QED) is 0.689. The molecule has 0 unspecified atom stereocenters. The van der Waals surface area contributed by atoms with E-state index in [0.717, 1.165) is 11.4 Å². The molecule has 0 amide bonds. The van der Waals surface area contributed by atoms with Gasteiger partial charge in [0.05, 0.1) is 7.11 Å². The molecular formula is C7H9NOS2. The Balaban J connectivity index is 3.02. The Morgan fingerprint density at radius 2 is 1.91 bits per heavy atom. The van der Waals surface area contributed by atoms with Gasteiger partial charge in [-0.15, -0.1) is 0 Å². The van der Waals surface area contributed by atoms with Crippen molar-refractivity contribution in [3.63, 3.8) is 0 Å². The van der Waals surface area contributed by atoms with E-state index in [1.54, 1.807) is 7.11 Å². The van der Waals surface area contributed by atoms with E-state index in [1.165, 1.54) is 3.71 Å². The Kier molecular flexibility index (Phi) is 2.96. The van der Waals surface area contributed by atoms with Crippen molar-refractivity contribution in [2.75, 3.05) is 10.8 Å². The summed E-state index contributed by atoms with van der Waals surface area (Å²) >= 11 is 8.06. The molecule has 2 nitrogen and oxygen atoms in total. The van der Waals surface area contributed by atoms with Crippen molar-refractivity contribution < 1.29 is 4.74 Å². The zero-order chi connectivity index (χ0) is 8.27. The summed E-state index contributed by atoms with van der Waals surface area (Å²) in [5.41, 5.74) is 0.835. The molecule has 0 saturated carbocycles. The second kappa shape index (κ2) is 3.78. The molecular weight excluding hydrogens is 178 g/mol. The maximum absolute atomic E-state index is 5.07. The van der Waals surface area contributed by atoms with Crippen LogP contribution in [-0.2, 0) is 0 Å². The lowest BCUT2D eigenvalue weighted by Crippen LogP contribution is -1.95. The number of nitrogens with zero attached hydrogens (tertiary/aromatic N) is 1. The Hall–Kier alpha value is -0.480. The van der Waals surface area contributed by atoms with E-state index in [0.29, 0.717) is 0 Å². The number of rotatable bonds is 2. The summed E-state index contributed by atoms with van der Waals surface area (Å²) < 4.78 is 6.48. The van der Waals surface area contributed by atoms with Crippen LogP contribution in [0.25, 0.3) is 0 Å². The maximum Gasteiger partial charge on any atom is 0.144 e. The third-order valence-electron chi connectivity index (χ3n) is 1.30. The van der Waals surface area contributed by atoms with Crippen molar-refractivity contribution in [3.05, 3.63) is 24.3 Å². The lowest BCUT2D eigenvalue weighted by molar-refractivity contribution is 0.416. The molecule has 0 aromatic heterocycles. The average molecular weight is 187 g/mol. The molecule has 1 aromatic rings. The van der Waals surface area contributed by atoms with Gasteiger partial charge in [0.1, 0.15) is 11.4 Å². The molecule has 1 rings (SSSR count). The molecule has 0 heterocycles. The summed E-state index contributed by atoms with van der Waals surface area (Å²) in [5, 5.41) is 0. The van der Waals surface area contributed by atoms with Crippen LogP contribution in [0.15, 0.2) is 24.3 Å². The molecule has 4 heteroatoms. The fourth-order valence-electron chi connectivity index (χ4n) is 0.795. The van der Waals surface area contributed by atoms with E-state index in [-0.39, 0.29) is 0 Å². The highest BCUT2D eigenvalue weighted by molar-refractivity contribution is 8.00. The summed E-state index contributed by atoms with van der Waals surface area (Å²) in [7, 11) is 1.61. The Labute approximate surface area is 77.3 Å². The van der Waals surface area contributed by atoms with Crippen LogP contribution in [0.2, 0.25) is 0 Å². The number of ether oxygens (including phenoxy) is 1. The summed E-state index contributed by atoms with van der Waals surface area (Å²) in [6, 6.07) is 7.53. The Morgan fingerprint density at radius 3 is 2.36 bits per heavy atom. The second-order valence-corrected chi connectivity index (χ2v) is 3.08. The SMILES string of the molecule is COc1ccccc1N(S)S. The van der Waals surface area contributed by atoms with E-state index in [2.05, 4.69) is 25.6 Å². The molecule has 60 valence electrons. The lowest BCUT2D eigenvalue weighted by Gasteiger charge is -2.12. The smallest absolute Gasteiger partial charge is 0.144 e. The number of benzene rings is 1. The molecule has 0 radical (unpaired) electrons. The lowest BCUT2D eigenvalue weighted by atomic mass is 10.3. The highest BCUT2D eigenvalue weighted by Gasteiger charge is 2.02. The largest absolute Gasteiger partial charge is 0.495 e. The monoisotopic (exact) mass is 187 g/mol. The van der Waals surface area contributed by atoms with Gasteiger partial charge in [0.2, 0.25) is 0 Å². The molecule has 0 aliphatic rings. The van der Waals surface area contributed by atoms with Gasteiger partial charge in [0.25, 0.3) is 0 Å². The van der Waals surface area contributed by atoms with E-state index in [1.807, 2.05) is 24.3 Å². The van der Waals surface area contributed by atoms with Crippen LogP contribution < -0.4 is 8.45 Å². The molecule has 11 heavy (non-hydrogen) atoms. The molecule has 1 aromatic carbocycles. The van der Waals surface area contributed by atoms with E-state index >= 15 is 0 Å². The molecule has 0 aliphatic carbocycles. The fraction of sp³-hybridized carbons (Fsp3) is 0.143. The number of anilines is 1. The summed E-state index contributed by atoms with van der Waals surface area (Å²) in [6.45, 7) is 0. The van der Waals surface area contributed by atoms with Gasteiger partial charge in [0.15, 0.2) is 0 Å². The first kappa shape index (κ1) is 8.62. The normalized spacial score (nSPS) is 9.36. The predicted molar refractivity (Wildman–Crippen MR) is 53.4 cm³/mol. The summed E-state index contributed by atoms with van der Waals surface area (Å²) in [6.07, 6.45) is 0. The highest BCUT2D eigenvalue weighted by atomic mass is 32.2. The van der Waals surface area contributed by atoms with Crippen molar-refractivity contribution in [2.24, 2.45) is 0 Å². The van der Waals surface area contributed by atoms with Gasteiger partial charge in [0, 0.05) is 0 Å². The first-order chi connectivity index (χ1) is 5.25. The van der Waals surface area contributed by atoms with Crippen molar-refractivity contribution in [1.82, 2.24) is 0 Å². The molecule has 0 atom stereocenters. The fourth-order valence-corrected chi connectivity index (χ4v) is 1.13. The minimum Gasteiger partial charge on any atom is -0.495 e. The van der Waals surface area contributed by atoms with Crippen LogP contribution in [0.3, 0.4) is 0 Å². The number of para-hydroxylation sites is 2. The van der Waals surface area contributed by atoms with E-state index in [4.69, 9.17) is 4.74 Å². The third kappa shape index (κ3) is 1.97. The zero-order valence-electron chi connectivity index (χ0n) is 6.06. The van der Waals surface area contributed by atoms with Gasteiger partial charge in [-0.05, 0) is 12.1 Å². The van der Waals surface area contributed by atoms with Crippen molar-refractivity contribution in [3.8, 4) is 5.75 Å². The van der Waals surface area contributed by atoms with Crippen molar-refractivity contribution in [1.29, 1.82) is 0 Å². The summed E-state index contributed by atoms with van der Waals surface area (Å²) in [4.78, 5) is 0. The van der Waals surface area contributed by atoms with Crippen molar-refractivity contribution >= 4 is 31.3 Å². The van der Waals surface area contributed by atoms with Crippen LogP contribution in [-0.4, -0.2) is 7.11 Å². The topological polar surface area (TPSA) is 12.5 Å². The van der Waals surface area contributed by atoms with Gasteiger partial charge in [-0.2, -0.15) is 0 Å². The van der Waals surface area contributed by atoms with Crippen molar-refractivity contribution in [2.45, 2.75) is 0 Å². The van der Waals surface area contributed by atoms with Crippen LogP contribution in [0.4, 0.5) is 5.69 Å². The minimum atomic E-state index is 0.762. The highest BCUT2D eigenvalue weighted by Crippen LogP contribution is 2.29. The predicted octanol–water partition coefficient (Wildman–Crippen LogP) is 2.19. The van der Waals surface area contributed by atoms with Crippen LogP contribution >= 0.6 is 25.6 Å². The van der Waals surface area contributed by atoms with Gasteiger partial charge in [-0.3, -0.25) is 3.71 Å². The standard InChI is InChI=1S/C7H9NOS2/c1-9-7-5-3-2-4-6(7)8(10)11/h2-5,10-11H,1H3. The van der Waals surface area contributed by atoms with E-state index < -0.39 is 0 Å².